The summed E-state index contributed by atoms with van der Waals surface area (Å²) in [5.41, 5.74) is 0. The molecule has 0 heterocycles. The fourth-order valence-electron chi connectivity index (χ4n) is 1.44. The monoisotopic (exact) mass is 276 g/mol. The molecule has 0 aromatic heterocycles. The SMILES string of the molecule is CCCCOc1ccc(OCCCCF)c(F)c1F. The summed E-state index contributed by atoms with van der Waals surface area (Å²) < 4.78 is 49.3. The highest BCUT2D eigenvalue weighted by atomic mass is 19.2. The summed E-state index contributed by atoms with van der Waals surface area (Å²) in [4.78, 5) is 0. The first-order chi connectivity index (χ1) is 9.20. The summed E-state index contributed by atoms with van der Waals surface area (Å²) in [5, 5.41) is 0. The number of ether oxygens (including phenoxy) is 2. The van der Waals surface area contributed by atoms with Crippen LogP contribution in [0.15, 0.2) is 12.1 Å². The fourth-order valence-corrected chi connectivity index (χ4v) is 1.44. The predicted octanol–water partition coefficient (Wildman–Crippen LogP) is 4.27. The predicted molar refractivity (Wildman–Crippen MR) is 67.5 cm³/mol. The second-order valence-electron chi connectivity index (χ2n) is 4.14. The third-order valence-corrected chi connectivity index (χ3v) is 2.55. The lowest BCUT2D eigenvalue weighted by molar-refractivity contribution is 0.265. The van der Waals surface area contributed by atoms with Crippen LogP contribution in [0.1, 0.15) is 32.6 Å². The van der Waals surface area contributed by atoms with Crippen LogP contribution < -0.4 is 9.47 Å². The van der Waals surface area contributed by atoms with Gasteiger partial charge in [-0.2, -0.15) is 8.78 Å². The second-order valence-corrected chi connectivity index (χ2v) is 4.14. The van der Waals surface area contributed by atoms with Crippen molar-refractivity contribution in [2.24, 2.45) is 0 Å². The lowest BCUT2D eigenvalue weighted by atomic mass is 10.3. The molecular weight excluding hydrogens is 257 g/mol. The van der Waals surface area contributed by atoms with E-state index in [1.807, 2.05) is 6.92 Å². The van der Waals surface area contributed by atoms with Gasteiger partial charge < -0.3 is 9.47 Å². The molecule has 1 aromatic carbocycles. The largest absolute Gasteiger partial charge is 0.490 e. The van der Waals surface area contributed by atoms with E-state index in [9.17, 15) is 13.2 Å². The summed E-state index contributed by atoms with van der Waals surface area (Å²) in [5.74, 6) is -2.38. The molecule has 0 bridgehead atoms. The van der Waals surface area contributed by atoms with Crippen LogP contribution in [-0.4, -0.2) is 19.9 Å². The van der Waals surface area contributed by atoms with Gasteiger partial charge in [-0.15, -0.1) is 0 Å². The Hall–Kier alpha value is -1.39. The van der Waals surface area contributed by atoms with Gasteiger partial charge in [-0.25, -0.2) is 0 Å². The molecule has 0 fully saturated rings. The molecule has 0 aliphatic heterocycles. The molecule has 0 spiro atoms. The molecule has 0 saturated carbocycles. The third-order valence-electron chi connectivity index (χ3n) is 2.55. The van der Waals surface area contributed by atoms with Gasteiger partial charge in [-0.05, 0) is 31.4 Å². The Labute approximate surface area is 111 Å². The summed E-state index contributed by atoms with van der Waals surface area (Å²) in [7, 11) is 0. The van der Waals surface area contributed by atoms with Crippen molar-refractivity contribution in [3.8, 4) is 11.5 Å². The number of hydrogen-bond donors (Lipinski definition) is 0. The lowest BCUT2D eigenvalue weighted by Gasteiger charge is -2.11. The number of benzene rings is 1. The molecule has 2 nitrogen and oxygen atoms in total. The highest BCUT2D eigenvalue weighted by Crippen LogP contribution is 2.27. The quantitative estimate of drug-likeness (QED) is 0.627. The van der Waals surface area contributed by atoms with Crippen molar-refractivity contribution in [2.45, 2.75) is 32.6 Å². The molecule has 108 valence electrons. The van der Waals surface area contributed by atoms with Gasteiger partial charge in [0.2, 0.25) is 11.6 Å². The Morgan fingerprint density at radius 2 is 1.42 bits per heavy atom. The van der Waals surface area contributed by atoms with E-state index in [-0.39, 0.29) is 18.1 Å². The second kappa shape index (κ2) is 8.67. The van der Waals surface area contributed by atoms with Crippen LogP contribution in [-0.2, 0) is 0 Å². The van der Waals surface area contributed by atoms with E-state index in [1.165, 1.54) is 12.1 Å². The molecule has 0 N–H and O–H groups in total. The van der Waals surface area contributed by atoms with Crippen LogP contribution in [0.25, 0.3) is 0 Å². The molecule has 1 rings (SSSR count). The van der Waals surface area contributed by atoms with Crippen molar-refractivity contribution >= 4 is 0 Å². The molecule has 0 saturated heterocycles. The first-order valence-electron chi connectivity index (χ1n) is 6.50. The van der Waals surface area contributed by atoms with Gasteiger partial charge in [0, 0.05) is 0 Å². The molecule has 0 aliphatic rings. The van der Waals surface area contributed by atoms with Crippen molar-refractivity contribution in [2.75, 3.05) is 19.9 Å². The molecule has 5 heteroatoms. The Morgan fingerprint density at radius 3 is 1.89 bits per heavy atom. The van der Waals surface area contributed by atoms with Crippen molar-refractivity contribution in [1.29, 1.82) is 0 Å². The number of alkyl halides is 1. The Balaban J connectivity index is 2.58. The fraction of sp³-hybridized carbons (Fsp3) is 0.571. The van der Waals surface area contributed by atoms with Crippen LogP contribution in [0.5, 0.6) is 11.5 Å². The van der Waals surface area contributed by atoms with Crippen LogP contribution >= 0.6 is 0 Å². The minimum atomic E-state index is -1.06. The molecule has 0 atom stereocenters. The van der Waals surface area contributed by atoms with Crippen molar-refractivity contribution in [3.05, 3.63) is 23.8 Å². The zero-order valence-electron chi connectivity index (χ0n) is 11.1. The first-order valence-corrected chi connectivity index (χ1v) is 6.50. The summed E-state index contributed by atoms with van der Waals surface area (Å²) >= 11 is 0. The van der Waals surface area contributed by atoms with Crippen LogP contribution in [0, 0.1) is 11.6 Å². The number of rotatable bonds is 9. The van der Waals surface area contributed by atoms with E-state index in [0.717, 1.165) is 12.8 Å². The zero-order valence-corrected chi connectivity index (χ0v) is 11.1. The topological polar surface area (TPSA) is 18.5 Å². The van der Waals surface area contributed by atoms with E-state index >= 15 is 0 Å². The Bertz CT molecular complexity index is 383. The van der Waals surface area contributed by atoms with Gasteiger partial charge in [-0.1, -0.05) is 13.3 Å². The number of unbranched alkanes of at least 4 members (excludes halogenated alkanes) is 2. The molecule has 19 heavy (non-hydrogen) atoms. The Kier molecular flexibility index (Phi) is 7.15. The number of halogens is 3. The zero-order chi connectivity index (χ0) is 14.1. The van der Waals surface area contributed by atoms with Gasteiger partial charge in [0.05, 0.1) is 19.9 Å². The van der Waals surface area contributed by atoms with Crippen LogP contribution in [0.4, 0.5) is 13.2 Å². The molecule has 0 radical (unpaired) electrons. The van der Waals surface area contributed by atoms with Crippen molar-refractivity contribution in [3.63, 3.8) is 0 Å². The number of hydrogen-bond acceptors (Lipinski definition) is 2. The van der Waals surface area contributed by atoms with E-state index < -0.39 is 18.3 Å². The molecule has 0 aliphatic carbocycles. The minimum Gasteiger partial charge on any atom is -0.490 e. The maximum atomic E-state index is 13.6. The highest BCUT2D eigenvalue weighted by Gasteiger charge is 2.15. The maximum Gasteiger partial charge on any atom is 0.204 e. The van der Waals surface area contributed by atoms with E-state index in [2.05, 4.69) is 0 Å². The van der Waals surface area contributed by atoms with Crippen molar-refractivity contribution in [1.82, 2.24) is 0 Å². The van der Waals surface area contributed by atoms with Gasteiger partial charge >= 0.3 is 0 Å². The summed E-state index contributed by atoms with van der Waals surface area (Å²) in [6.45, 7) is 2.05. The summed E-state index contributed by atoms with van der Waals surface area (Å²) in [6.07, 6.45) is 2.51. The highest BCUT2D eigenvalue weighted by molar-refractivity contribution is 5.35. The lowest BCUT2D eigenvalue weighted by Crippen LogP contribution is -2.04. The van der Waals surface area contributed by atoms with E-state index in [1.54, 1.807) is 0 Å². The van der Waals surface area contributed by atoms with Gasteiger partial charge in [-0.3, -0.25) is 4.39 Å². The smallest absolute Gasteiger partial charge is 0.204 e. The van der Waals surface area contributed by atoms with E-state index in [4.69, 9.17) is 9.47 Å². The standard InChI is InChI=1S/C14H19F3O2/c1-2-3-9-18-11-6-7-12(14(17)13(11)16)19-10-5-4-8-15/h6-7H,2-5,8-10H2,1H3. The normalized spacial score (nSPS) is 10.5. The summed E-state index contributed by atoms with van der Waals surface area (Å²) in [6, 6.07) is 2.67. The molecular formula is C14H19F3O2. The van der Waals surface area contributed by atoms with Crippen molar-refractivity contribution < 1.29 is 22.6 Å². The van der Waals surface area contributed by atoms with E-state index in [0.29, 0.717) is 19.4 Å². The Morgan fingerprint density at radius 1 is 0.895 bits per heavy atom. The van der Waals surface area contributed by atoms with Crippen LogP contribution in [0.3, 0.4) is 0 Å². The molecule has 0 unspecified atom stereocenters. The van der Waals surface area contributed by atoms with Gasteiger partial charge in [0.1, 0.15) is 0 Å². The maximum absolute atomic E-state index is 13.6. The van der Waals surface area contributed by atoms with Crippen LogP contribution in [0.2, 0.25) is 0 Å². The van der Waals surface area contributed by atoms with Gasteiger partial charge in [0.25, 0.3) is 0 Å². The first kappa shape index (κ1) is 15.7. The minimum absolute atomic E-state index is 0.109. The molecule has 0 amide bonds. The average molecular weight is 276 g/mol. The molecule has 1 aromatic rings. The van der Waals surface area contributed by atoms with Gasteiger partial charge in [0.15, 0.2) is 11.5 Å². The average Bonchev–Trinajstić information content (AvgIpc) is 2.42. The third kappa shape index (κ3) is 5.01.